The van der Waals surface area contributed by atoms with E-state index in [0.717, 1.165) is 69.5 Å². The van der Waals surface area contributed by atoms with Crippen molar-refractivity contribution in [3.8, 4) is 0 Å². The minimum Gasteiger partial charge on any atom is -0.341 e. The summed E-state index contributed by atoms with van der Waals surface area (Å²) in [5.41, 5.74) is 2.62. The highest BCUT2D eigenvalue weighted by atomic mass is 19.4. The van der Waals surface area contributed by atoms with Crippen LogP contribution in [0.2, 0.25) is 0 Å². The van der Waals surface area contributed by atoms with Crippen molar-refractivity contribution in [2.24, 2.45) is 0 Å². The van der Waals surface area contributed by atoms with Crippen molar-refractivity contribution in [3.63, 3.8) is 0 Å². The van der Waals surface area contributed by atoms with Crippen LogP contribution in [0, 0.1) is 0 Å². The molecule has 0 radical (unpaired) electrons. The van der Waals surface area contributed by atoms with Gasteiger partial charge in [0.05, 0.1) is 0 Å². The van der Waals surface area contributed by atoms with Crippen LogP contribution in [-0.2, 0) is 11.3 Å². The number of alkyl halides is 3. The third-order valence-electron chi connectivity index (χ3n) is 6.02. The van der Waals surface area contributed by atoms with Crippen molar-refractivity contribution >= 4 is 5.91 Å². The van der Waals surface area contributed by atoms with Crippen molar-refractivity contribution in [2.75, 3.05) is 26.7 Å². The second-order valence-electron chi connectivity index (χ2n) is 9.00. The van der Waals surface area contributed by atoms with Crippen LogP contribution in [0.4, 0.5) is 13.2 Å². The number of rotatable bonds is 12. The standard InChI is InChI=1S/C28H37F3N2O/c1-23(11-10-12-24(2)28(29,30)31)21-25-16-19-33(20-17-25)18-9-5-8-15-27(34)32(3)22-26-13-6-4-7-14-26/h4,6-7,10-14,16H,1,5,8-9,15,17-22H2,2-3H3/b11-10-,24-12+. The van der Waals surface area contributed by atoms with Gasteiger partial charge in [0.25, 0.3) is 0 Å². The largest absolute Gasteiger partial charge is 0.412 e. The topological polar surface area (TPSA) is 23.6 Å². The molecular weight excluding hydrogens is 437 g/mol. The van der Waals surface area contributed by atoms with Crippen LogP contribution in [0.25, 0.3) is 0 Å². The van der Waals surface area contributed by atoms with Crippen LogP contribution < -0.4 is 0 Å². The van der Waals surface area contributed by atoms with Gasteiger partial charge < -0.3 is 4.90 Å². The van der Waals surface area contributed by atoms with E-state index in [9.17, 15) is 18.0 Å². The molecule has 1 aromatic carbocycles. The van der Waals surface area contributed by atoms with E-state index in [-0.39, 0.29) is 5.91 Å². The second-order valence-corrected chi connectivity index (χ2v) is 9.00. The fourth-order valence-corrected chi connectivity index (χ4v) is 3.82. The van der Waals surface area contributed by atoms with Crippen LogP contribution in [0.1, 0.15) is 51.0 Å². The summed E-state index contributed by atoms with van der Waals surface area (Å²) in [6.45, 7) is 8.56. The van der Waals surface area contributed by atoms with Gasteiger partial charge in [-0.25, -0.2) is 0 Å². The zero-order valence-corrected chi connectivity index (χ0v) is 20.4. The molecule has 0 fully saturated rings. The summed E-state index contributed by atoms with van der Waals surface area (Å²) < 4.78 is 37.5. The first-order chi connectivity index (χ1) is 16.1. The van der Waals surface area contributed by atoms with Gasteiger partial charge in [0.15, 0.2) is 0 Å². The maximum absolute atomic E-state index is 12.5. The molecule has 1 aliphatic rings. The average Bonchev–Trinajstić information content (AvgIpc) is 2.79. The fraction of sp³-hybridized carbons (Fsp3) is 0.464. The summed E-state index contributed by atoms with van der Waals surface area (Å²) in [5, 5.41) is 0. The molecule has 34 heavy (non-hydrogen) atoms. The molecule has 186 valence electrons. The lowest BCUT2D eigenvalue weighted by molar-refractivity contribution is -0.130. The number of benzene rings is 1. The second kappa shape index (κ2) is 14.0. The summed E-state index contributed by atoms with van der Waals surface area (Å²) in [6, 6.07) is 10.0. The average molecular weight is 475 g/mol. The van der Waals surface area contributed by atoms with Crippen LogP contribution in [0.3, 0.4) is 0 Å². The lowest BCUT2D eigenvalue weighted by atomic mass is 9.99. The van der Waals surface area contributed by atoms with Crippen molar-refractivity contribution in [3.05, 3.63) is 83.5 Å². The number of carbonyl (C=O) groups excluding carboxylic acids is 1. The van der Waals surface area contributed by atoms with Crippen LogP contribution in [0.15, 0.2) is 77.9 Å². The minimum absolute atomic E-state index is 0.188. The SMILES string of the molecule is C=C(/C=C\C=C(/C)C(F)(F)F)CC1=CCN(CCCCCC(=O)N(C)Cc2ccccc2)CC1. The van der Waals surface area contributed by atoms with Crippen molar-refractivity contribution in [2.45, 2.75) is 58.2 Å². The zero-order valence-electron chi connectivity index (χ0n) is 20.4. The van der Waals surface area contributed by atoms with Gasteiger partial charge in [0.2, 0.25) is 5.91 Å². The Balaban J connectivity index is 1.60. The Hall–Kier alpha value is -2.60. The minimum atomic E-state index is -4.28. The molecule has 0 unspecified atom stereocenters. The van der Waals surface area contributed by atoms with E-state index in [1.54, 1.807) is 11.0 Å². The normalized spacial score (nSPS) is 15.4. The molecule has 0 aromatic heterocycles. The fourth-order valence-electron chi connectivity index (χ4n) is 3.82. The van der Waals surface area contributed by atoms with Gasteiger partial charge in [0, 0.05) is 38.7 Å². The van der Waals surface area contributed by atoms with Gasteiger partial charge in [-0.3, -0.25) is 9.69 Å². The highest BCUT2D eigenvalue weighted by Gasteiger charge is 2.29. The molecule has 0 saturated heterocycles. The number of hydrogen-bond donors (Lipinski definition) is 0. The maximum atomic E-state index is 12.5. The number of unbranched alkanes of at least 4 members (excludes halogenated alkanes) is 2. The lowest BCUT2D eigenvalue weighted by Gasteiger charge is -2.26. The van der Waals surface area contributed by atoms with E-state index in [0.29, 0.717) is 19.4 Å². The molecule has 0 saturated carbocycles. The monoisotopic (exact) mass is 474 g/mol. The molecule has 1 aliphatic heterocycles. The van der Waals surface area contributed by atoms with Crippen molar-refractivity contribution in [1.29, 1.82) is 0 Å². The van der Waals surface area contributed by atoms with Crippen molar-refractivity contribution < 1.29 is 18.0 Å². The third kappa shape index (κ3) is 10.6. The van der Waals surface area contributed by atoms with E-state index >= 15 is 0 Å². The van der Waals surface area contributed by atoms with Gasteiger partial charge in [-0.15, -0.1) is 0 Å². The molecule has 1 amide bonds. The van der Waals surface area contributed by atoms with E-state index in [1.165, 1.54) is 11.6 Å². The van der Waals surface area contributed by atoms with Gasteiger partial charge in [-0.05, 0) is 44.7 Å². The Kier molecular flexibility index (Phi) is 11.3. The summed E-state index contributed by atoms with van der Waals surface area (Å²) in [4.78, 5) is 16.5. The van der Waals surface area contributed by atoms with Gasteiger partial charge >= 0.3 is 6.18 Å². The highest BCUT2D eigenvalue weighted by Crippen LogP contribution is 2.25. The Morgan fingerprint density at radius 3 is 2.56 bits per heavy atom. The molecule has 0 spiro atoms. The smallest absolute Gasteiger partial charge is 0.341 e. The first-order valence-electron chi connectivity index (χ1n) is 11.9. The Bertz CT molecular complexity index is 885. The predicted octanol–water partition coefficient (Wildman–Crippen LogP) is 6.85. The molecule has 6 heteroatoms. The predicted molar refractivity (Wildman–Crippen MR) is 133 cm³/mol. The number of carbonyl (C=O) groups is 1. The maximum Gasteiger partial charge on any atom is 0.412 e. The summed E-state index contributed by atoms with van der Waals surface area (Å²) >= 11 is 0. The quantitative estimate of drug-likeness (QED) is 0.188. The van der Waals surface area contributed by atoms with Gasteiger partial charge in [-0.2, -0.15) is 13.2 Å². The molecule has 1 aromatic rings. The van der Waals surface area contributed by atoms with E-state index in [4.69, 9.17) is 0 Å². The van der Waals surface area contributed by atoms with E-state index in [1.807, 2.05) is 37.4 Å². The first kappa shape index (κ1) is 27.6. The summed E-state index contributed by atoms with van der Waals surface area (Å²) in [6.07, 6.45) is 7.32. The molecule has 2 rings (SSSR count). The Labute approximate surface area is 202 Å². The molecule has 3 nitrogen and oxygen atoms in total. The van der Waals surface area contributed by atoms with Crippen LogP contribution in [-0.4, -0.2) is 48.6 Å². The molecule has 0 atom stereocenters. The van der Waals surface area contributed by atoms with Crippen molar-refractivity contribution in [1.82, 2.24) is 9.80 Å². The van der Waals surface area contributed by atoms with Crippen LogP contribution in [0.5, 0.6) is 0 Å². The van der Waals surface area contributed by atoms with Crippen LogP contribution >= 0.6 is 0 Å². The van der Waals surface area contributed by atoms with E-state index < -0.39 is 11.7 Å². The molecule has 1 heterocycles. The molecule has 0 aliphatic carbocycles. The van der Waals surface area contributed by atoms with Gasteiger partial charge in [-0.1, -0.05) is 78.8 Å². The summed E-state index contributed by atoms with van der Waals surface area (Å²) in [5.74, 6) is 0.188. The molecular formula is C28H37F3N2O. The van der Waals surface area contributed by atoms with Gasteiger partial charge in [0.1, 0.15) is 0 Å². The first-order valence-corrected chi connectivity index (χ1v) is 11.9. The highest BCUT2D eigenvalue weighted by molar-refractivity contribution is 5.75. The number of hydrogen-bond acceptors (Lipinski definition) is 2. The Morgan fingerprint density at radius 1 is 1.18 bits per heavy atom. The number of halogens is 3. The molecule has 0 N–H and O–H groups in total. The van der Waals surface area contributed by atoms with E-state index in [2.05, 4.69) is 17.6 Å². The Morgan fingerprint density at radius 2 is 1.91 bits per heavy atom. The third-order valence-corrected chi connectivity index (χ3v) is 6.02. The molecule has 0 bridgehead atoms. The number of allylic oxidation sites excluding steroid dienone is 5. The number of nitrogens with zero attached hydrogens (tertiary/aromatic N) is 2. The number of amides is 1. The lowest BCUT2D eigenvalue weighted by Crippen LogP contribution is -2.30. The summed E-state index contributed by atoms with van der Waals surface area (Å²) in [7, 11) is 1.86. The zero-order chi connectivity index (χ0) is 25.0.